The first-order valence-electron chi connectivity index (χ1n) is 10.6. The van der Waals surface area contributed by atoms with Crippen LogP contribution < -0.4 is 19.1 Å². The molecule has 0 saturated heterocycles. The van der Waals surface area contributed by atoms with Crippen molar-refractivity contribution in [1.29, 1.82) is 0 Å². The first-order valence-corrected chi connectivity index (χ1v) is 13.2. The average molecular weight is 546 g/mol. The molecule has 0 heterocycles. The molecule has 192 valence electrons. The summed E-state index contributed by atoms with van der Waals surface area (Å²) in [7, 11) is 0.408. The fourth-order valence-corrected chi connectivity index (χ4v) is 4.68. The Morgan fingerprint density at radius 1 is 1.06 bits per heavy atom. The van der Waals surface area contributed by atoms with Crippen LogP contribution in [-0.4, -0.2) is 65.2 Å². The van der Waals surface area contributed by atoms with Gasteiger partial charge in [-0.25, -0.2) is 8.42 Å². The van der Waals surface area contributed by atoms with E-state index < -0.39 is 28.5 Å². The number of hydrogen-bond donors (Lipinski definition) is 1. The monoisotopic (exact) mass is 545 g/mol. The molecule has 0 fully saturated rings. The molecule has 1 atom stereocenters. The molecule has 0 spiro atoms. The van der Waals surface area contributed by atoms with Crippen molar-refractivity contribution in [3.8, 4) is 11.5 Å². The van der Waals surface area contributed by atoms with E-state index in [2.05, 4.69) is 5.32 Å². The zero-order valence-electron chi connectivity index (χ0n) is 20.2. The first kappa shape index (κ1) is 28.5. The molecule has 2 rings (SSSR count). The first-order chi connectivity index (χ1) is 16.5. The maximum absolute atomic E-state index is 13.6. The van der Waals surface area contributed by atoms with Crippen molar-refractivity contribution in [2.75, 3.05) is 38.4 Å². The molecule has 0 aliphatic rings. The van der Waals surface area contributed by atoms with E-state index in [1.165, 1.54) is 38.3 Å². The number of ether oxygens (including phenoxy) is 2. The van der Waals surface area contributed by atoms with E-state index in [-0.39, 0.29) is 23.9 Å². The third-order valence-electron chi connectivity index (χ3n) is 5.30. The Labute approximate surface area is 215 Å². The molecule has 1 unspecified atom stereocenters. The summed E-state index contributed by atoms with van der Waals surface area (Å²) in [6.45, 7) is 1.21. The number of methoxy groups -OCH3 is 2. The number of carbonyl (C=O) groups excluding carboxylic acids is 2. The summed E-state index contributed by atoms with van der Waals surface area (Å²) in [6.07, 6.45) is 1.29. The molecule has 9 nitrogen and oxygen atoms in total. The Morgan fingerprint density at radius 2 is 1.74 bits per heavy atom. The van der Waals surface area contributed by atoms with Gasteiger partial charge in [0.05, 0.1) is 36.2 Å². The molecule has 1 N–H and O–H groups in total. The highest BCUT2D eigenvalue weighted by molar-refractivity contribution is 7.92. The minimum absolute atomic E-state index is 0.0129. The number of nitrogens with one attached hydrogen (secondary N) is 1. The number of sulfonamides is 1. The third-order valence-corrected chi connectivity index (χ3v) is 7.17. The van der Waals surface area contributed by atoms with Crippen LogP contribution in [0.4, 0.5) is 5.69 Å². The van der Waals surface area contributed by atoms with E-state index in [1.54, 1.807) is 31.2 Å². The molecule has 0 aromatic heterocycles. The Balaban J connectivity index is 2.51. The summed E-state index contributed by atoms with van der Waals surface area (Å²) in [6, 6.07) is 8.60. The summed E-state index contributed by atoms with van der Waals surface area (Å²) in [5, 5.41) is 3.20. The van der Waals surface area contributed by atoms with Gasteiger partial charge in [-0.3, -0.25) is 13.9 Å². The minimum Gasteiger partial charge on any atom is -0.497 e. The molecule has 0 aliphatic carbocycles. The zero-order chi connectivity index (χ0) is 26.3. The van der Waals surface area contributed by atoms with Gasteiger partial charge in [-0.05, 0) is 36.2 Å². The largest absolute Gasteiger partial charge is 0.497 e. The van der Waals surface area contributed by atoms with E-state index in [1.807, 2.05) is 0 Å². The maximum atomic E-state index is 13.6. The zero-order valence-corrected chi connectivity index (χ0v) is 22.5. The number of rotatable bonds is 11. The van der Waals surface area contributed by atoms with Crippen LogP contribution in [0.1, 0.15) is 18.9 Å². The number of anilines is 1. The van der Waals surface area contributed by atoms with E-state index in [9.17, 15) is 18.0 Å². The lowest BCUT2D eigenvalue weighted by atomic mass is 10.1. The van der Waals surface area contributed by atoms with E-state index in [0.717, 1.165) is 10.6 Å². The maximum Gasteiger partial charge on any atom is 0.244 e. The Bertz CT molecular complexity index is 1180. The van der Waals surface area contributed by atoms with E-state index in [0.29, 0.717) is 27.8 Å². The van der Waals surface area contributed by atoms with Crippen LogP contribution in [0, 0.1) is 0 Å². The summed E-state index contributed by atoms with van der Waals surface area (Å²) in [5.74, 6) is -0.308. The van der Waals surface area contributed by atoms with Crippen LogP contribution in [-0.2, 0) is 26.2 Å². The molecule has 2 aromatic rings. The Morgan fingerprint density at radius 3 is 2.26 bits per heavy atom. The Hall–Kier alpha value is -2.69. The van der Waals surface area contributed by atoms with Gasteiger partial charge in [0.1, 0.15) is 24.1 Å². The van der Waals surface area contributed by atoms with Crippen LogP contribution in [0.25, 0.3) is 0 Å². The van der Waals surface area contributed by atoms with Crippen LogP contribution in [0.2, 0.25) is 10.0 Å². The number of halogens is 2. The molecule has 0 radical (unpaired) electrons. The topological polar surface area (TPSA) is 105 Å². The van der Waals surface area contributed by atoms with Gasteiger partial charge < -0.3 is 19.7 Å². The highest BCUT2D eigenvalue weighted by atomic mass is 35.5. The summed E-state index contributed by atoms with van der Waals surface area (Å²) in [4.78, 5) is 27.5. The normalized spacial score (nSPS) is 12.0. The standard InChI is InChI=1S/C23H29Cl2N3O6S/c1-6-19(23(30)26-2)27(13-15-7-9-17(24)18(25)11-15)22(29)14-28(35(5,31)32)20-10-8-16(33-3)12-21(20)34-4/h7-12,19H,6,13-14H2,1-5H3,(H,26,30). The summed E-state index contributed by atoms with van der Waals surface area (Å²) < 4.78 is 36.9. The number of hydrogen-bond acceptors (Lipinski definition) is 6. The van der Waals surface area contributed by atoms with Crippen LogP contribution in [0.3, 0.4) is 0 Å². The molecule has 0 aliphatic heterocycles. The second-order valence-corrected chi connectivity index (χ2v) is 10.3. The molecule has 0 saturated carbocycles. The van der Waals surface area contributed by atoms with E-state index in [4.69, 9.17) is 32.7 Å². The van der Waals surface area contributed by atoms with Crippen molar-refractivity contribution in [3.05, 3.63) is 52.0 Å². The van der Waals surface area contributed by atoms with Crippen molar-refractivity contribution in [2.45, 2.75) is 25.9 Å². The van der Waals surface area contributed by atoms with Gasteiger partial charge in [0.25, 0.3) is 0 Å². The number of nitrogens with zero attached hydrogens (tertiary/aromatic N) is 2. The number of benzene rings is 2. The SMILES string of the molecule is CCC(C(=O)NC)N(Cc1ccc(Cl)c(Cl)c1)C(=O)CN(c1ccc(OC)cc1OC)S(C)(=O)=O. The lowest BCUT2D eigenvalue weighted by Crippen LogP contribution is -2.51. The molecule has 0 bridgehead atoms. The highest BCUT2D eigenvalue weighted by Gasteiger charge is 2.32. The van der Waals surface area contributed by atoms with Crippen molar-refractivity contribution < 1.29 is 27.5 Å². The number of carbonyl (C=O) groups is 2. The van der Waals surface area contributed by atoms with Crippen LogP contribution >= 0.6 is 23.2 Å². The van der Waals surface area contributed by atoms with Crippen molar-refractivity contribution >= 4 is 50.7 Å². The van der Waals surface area contributed by atoms with Gasteiger partial charge in [-0.1, -0.05) is 36.2 Å². The van der Waals surface area contributed by atoms with Gasteiger partial charge in [-0.15, -0.1) is 0 Å². The summed E-state index contributed by atoms with van der Waals surface area (Å²) >= 11 is 12.1. The third kappa shape index (κ3) is 7.16. The number of amides is 2. The van der Waals surface area contributed by atoms with E-state index >= 15 is 0 Å². The van der Waals surface area contributed by atoms with Crippen molar-refractivity contribution in [2.24, 2.45) is 0 Å². The minimum atomic E-state index is -3.92. The number of likely N-dealkylation sites (N-methyl/N-ethyl adjacent to an activating group) is 1. The molecule has 35 heavy (non-hydrogen) atoms. The lowest BCUT2D eigenvalue weighted by Gasteiger charge is -2.33. The van der Waals surface area contributed by atoms with Crippen LogP contribution in [0.5, 0.6) is 11.5 Å². The van der Waals surface area contributed by atoms with Gasteiger partial charge in [-0.2, -0.15) is 0 Å². The fraction of sp³-hybridized carbons (Fsp3) is 0.391. The predicted octanol–water partition coefficient (Wildman–Crippen LogP) is 3.33. The van der Waals surface area contributed by atoms with Gasteiger partial charge in [0.2, 0.25) is 21.8 Å². The predicted molar refractivity (Wildman–Crippen MR) is 137 cm³/mol. The van der Waals surface area contributed by atoms with Gasteiger partial charge in [0, 0.05) is 19.7 Å². The van der Waals surface area contributed by atoms with Crippen molar-refractivity contribution in [3.63, 3.8) is 0 Å². The molecular weight excluding hydrogens is 517 g/mol. The fourth-order valence-electron chi connectivity index (χ4n) is 3.51. The molecule has 12 heteroatoms. The summed E-state index contributed by atoms with van der Waals surface area (Å²) in [5.41, 5.74) is 0.787. The molecule has 2 aromatic carbocycles. The second-order valence-electron chi connectivity index (χ2n) is 7.62. The smallest absolute Gasteiger partial charge is 0.244 e. The van der Waals surface area contributed by atoms with Crippen LogP contribution in [0.15, 0.2) is 36.4 Å². The van der Waals surface area contributed by atoms with Crippen molar-refractivity contribution in [1.82, 2.24) is 10.2 Å². The quantitative estimate of drug-likeness (QED) is 0.464. The Kier molecular flexibility index (Phi) is 10.1. The molecule has 2 amide bonds. The average Bonchev–Trinajstić information content (AvgIpc) is 2.83. The second kappa shape index (κ2) is 12.3. The lowest BCUT2D eigenvalue weighted by molar-refractivity contribution is -0.140. The van der Waals surface area contributed by atoms with Gasteiger partial charge in [0.15, 0.2) is 0 Å². The van der Waals surface area contributed by atoms with Gasteiger partial charge >= 0.3 is 0 Å². The highest BCUT2D eigenvalue weighted by Crippen LogP contribution is 2.34. The molecular formula is C23H29Cl2N3O6S.